The summed E-state index contributed by atoms with van der Waals surface area (Å²) in [7, 11) is 0. The van der Waals surface area contributed by atoms with E-state index in [4.69, 9.17) is 35.4 Å². The Morgan fingerprint density at radius 1 is 1.15 bits per heavy atom. The van der Waals surface area contributed by atoms with Gasteiger partial charge in [0.15, 0.2) is 5.11 Å². The molecular formula is C15H22Cl2N2S. The van der Waals surface area contributed by atoms with E-state index in [-0.39, 0.29) is 0 Å². The van der Waals surface area contributed by atoms with Gasteiger partial charge in [0.05, 0.1) is 10.7 Å². The zero-order valence-corrected chi connectivity index (χ0v) is 14.4. The first kappa shape index (κ1) is 17.5. The molecular weight excluding hydrogens is 311 g/mol. The SMILES string of the molecule is CCCCN(CCCC)C(=S)Nc1cc(Cl)ccc1Cl. The summed E-state index contributed by atoms with van der Waals surface area (Å²) in [5, 5.41) is 5.20. The maximum absolute atomic E-state index is 6.15. The van der Waals surface area contributed by atoms with Gasteiger partial charge in [-0.25, -0.2) is 0 Å². The fourth-order valence-corrected chi connectivity index (χ4v) is 2.43. The van der Waals surface area contributed by atoms with E-state index in [9.17, 15) is 0 Å². The molecule has 1 N–H and O–H groups in total. The van der Waals surface area contributed by atoms with E-state index >= 15 is 0 Å². The molecule has 0 bridgehead atoms. The van der Waals surface area contributed by atoms with Crippen molar-refractivity contribution in [1.29, 1.82) is 0 Å². The zero-order valence-electron chi connectivity index (χ0n) is 12.1. The van der Waals surface area contributed by atoms with Crippen molar-refractivity contribution >= 4 is 46.2 Å². The van der Waals surface area contributed by atoms with Crippen molar-refractivity contribution in [3.63, 3.8) is 0 Å². The van der Waals surface area contributed by atoms with Gasteiger partial charge in [-0.3, -0.25) is 0 Å². The third-order valence-electron chi connectivity index (χ3n) is 3.02. The monoisotopic (exact) mass is 332 g/mol. The predicted molar refractivity (Wildman–Crippen MR) is 94.1 cm³/mol. The van der Waals surface area contributed by atoms with E-state index in [2.05, 4.69) is 24.1 Å². The summed E-state index contributed by atoms with van der Waals surface area (Å²) in [6.45, 7) is 6.31. The Kier molecular flexibility index (Phi) is 8.27. The van der Waals surface area contributed by atoms with Gasteiger partial charge in [0.25, 0.3) is 0 Å². The van der Waals surface area contributed by atoms with E-state index in [1.165, 1.54) is 0 Å². The number of hydrogen-bond donors (Lipinski definition) is 1. The molecule has 112 valence electrons. The summed E-state index contributed by atoms with van der Waals surface area (Å²) in [5.74, 6) is 0. The summed E-state index contributed by atoms with van der Waals surface area (Å²) in [6, 6.07) is 5.34. The lowest BCUT2D eigenvalue weighted by Crippen LogP contribution is -2.36. The topological polar surface area (TPSA) is 15.3 Å². The molecule has 0 saturated heterocycles. The highest BCUT2D eigenvalue weighted by Crippen LogP contribution is 2.25. The highest BCUT2D eigenvalue weighted by atomic mass is 35.5. The molecule has 0 aliphatic carbocycles. The highest BCUT2D eigenvalue weighted by molar-refractivity contribution is 7.80. The number of thiocarbonyl (C=S) groups is 1. The van der Waals surface area contributed by atoms with Gasteiger partial charge < -0.3 is 10.2 Å². The van der Waals surface area contributed by atoms with Crippen molar-refractivity contribution in [2.75, 3.05) is 18.4 Å². The van der Waals surface area contributed by atoms with Crippen molar-refractivity contribution in [2.45, 2.75) is 39.5 Å². The van der Waals surface area contributed by atoms with Crippen molar-refractivity contribution in [3.05, 3.63) is 28.2 Å². The number of nitrogens with zero attached hydrogens (tertiary/aromatic N) is 1. The Labute approximate surface area is 137 Å². The van der Waals surface area contributed by atoms with Gasteiger partial charge in [-0.1, -0.05) is 49.9 Å². The number of unbranched alkanes of at least 4 members (excludes halogenated alkanes) is 2. The van der Waals surface area contributed by atoms with Crippen LogP contribution in [-0.4, -0.2) is 23.1 Å². The van der Waals surface area contributed by atoms with Crippen LogP contribution in [0.5, 0.6) is 0 Å². The average molecular weight is 333 g/mol. The first-order chi connectivity index (χ1) is 9.58. The molecule has 0 aliphatic heterocycles. The van der Waals surface area contributed by atoms with Gasteiger partial charge in [0.2, 0.25) is 0 Å². The van der Waals surface area contributed by atoms with E-state index in [0.29, 0.717) is 10.0 Å². The normalized spacial score (nSPS) is 10.4. The van der Waals surface area contributed by atoms with Crippen LogP contribution in [0.2, 0.25) is 10.0 Å². The molecule has 1 aromatic carbocycles. The molecule has 2 nitrogen and oxygen atoms in total. The molecule has 0 saturated carbocycles. The number of anilines is 1. The molecule has 1 aromatic rings. The van der Waals surface area contributed by atoms with Crippen molar-refractivity contribution in [3.8, 4) is 0 Å². The van der Waals surface area contributed by atoms with Crippen LogP contribution in [0.3, 0.4) is 0 Å². The molecule has 0 atom stereocenters. The van der Waals surface area contributed by atoms with Crippen LogP contribution in [0.25, 0.3) is 0 Å². The van der Waals surface area contributed by atoms with Gasteiger partial charge in [0.1, 0.15) is 0 Å². The molecule has 1 rings (SSSR count). The Morgan fingerprint density at radius 3 is 2.30 bits per heavy atom. The fraction of sp³-hybridized carbons (Fsp3) is 0.533. The molecule has 0 heterocycles. The van der Waals surface area contributed by atoms with Crippen LogP contribution < -0.4 is 5.32 Å². The molecule has 0 radical (unpaired) electrons. The molecule has 0 fully saturated rings. The van der Waals surface area contributed by atoms with Crippen LogP contribution in [0.15, 0.2) is 18.2 Å². The van der Waals surface area contributed by atoms with Crippen LogP contribution in [-0.2, 0) is 0 Å². The maximum atomic E-state index is 6.15. The number of halogens is 2. The van der Waals surface area contributed by atoms with Crippen molar-refractivity contribution in [1.82, 2.24) is 4.90 Å². The highest BCUT2D eigenvalue weighted by Gasteiger charge is 2.10. The predicted octanol–water partition coefficient (Wildman–Crippen LogP) is 5.59. The minimum Gasteiger partial charge on any atom is -0.349 e. The van der Waals surface area contributed by atoms with Gasteiger partial charge in [0, 0.05) is 18.1 Å². The Morgan fingerprint density at radius 2 is 1.75 bits per heavy atom. The zero-order chi connectivity index (χ0) is 15.0. The molecule has 0 amide bonds. The number of nitrogens with one attached hydrogen (secondary N) is 1. The van der Waals surface area contributed by atoms with Crippen LogP contribution >= 0.6 is 35.4 Å². The average Bonchev–Trinajstić information content (AvgIpc) is 2.43. The second kappa shape index (κ2) is 9.43. The molecule has 5 heteroatoms. The summed E-state index contributed by atoms with van der Waals surface area (Å²) in [4.78, 5) is 2.21. The van der Waals surface area contributed by atoms with Crippen molar-refractivity contribution in [2.24, 2.45) is 0 Å². The van der Waals surface area contributed by atoms with Gasteiger partial charge >= 0.3 is 0 Å². The van der Waals surface area contributed by atoms with Crippen molar-refractivity contribution < 1.29 is 0 Å². The molecule has 20 heavy (non-hydrogen) atoms. The summed E-state index contributed by atoms with van der Waals surface area (Å²) >= 11 is 17.6. The van der Waals surface area contributed by atoms with Crippen LogP contribution in [0.4, 0.5) is 5.69 Å². The molecule has 0 aliphatic rings. The van der Waals surface area contributed by atoms with Gasteiger partial charge in [-0.2, -0.15) is 0 Å². The first-order valence-electron chi connectivity index (χ1n) is 7.09. The molecule has 0 aromatic heterocycles. The largest absolute Gasteiger partial charge is 0.349 e. The number of benzene rings is 1. The van der Waals surface area contributed by atoms with E-state index in [1.54, 1.807) is 18.2 Å². The Bertz CT molecular complexity index is 430. The van der Waals surface area contributed by atoms with Gasteiger partial charge in [-0.15, -0.1) is 0 Å². The third-order valence-corrected chi connectivity index (χ3v) is 3.95. The summed E-state index contributed by atoms with van der Waals surface area (Å²) < 4.78 is 0. The number of hydrogen-bond acceptors (Lipinski definition) is 1. The second-order valence-corrected chi connectivity index (χ2v) is 5.98. The second-order valence-electron chi connectivity index (χ2n) is 4.75. The van der Waals surface area contributed by atoms with Crippen LogP contribution in [0.1, 0.15) is 39.5 Å². The third kappa shape index (κ3) is 5.86. The fourth-order valence-electron chi connectivity index (χ4n) is 1.80. The van der Waals surface area contributed by atoms with Gasteiger partial charge in [-0.05, 0) is 43.3 Å². The Balaban J connectivity index is 2.70. The lowest BCUT2D eigenvalue weighted by atomic mass is 10.2. The number of rotatable bonds is 7. The lowest BCUT2D eigenvalue weighted by molar-refractivity contribution is 0.403. The minimum absolute atomic E-state index is 0.627. The molecule has 0 unspecified atom stereocenters. The summed E-state index contributed by atoms with van der Waals surface area (Å²) in [6.07, 6.45) is 4.58. The minimum atomic E-state index is 0.627. The Hall–Kier alpha value is -0.510. The first-order valence-corrected chi connectivity index (χ1v) is 8.25. The van der Waals surface area contributed by atoms with E-state index < -0.39 is 0 Å². The van der Waals surface area contributed by atoms with Crippen LogP contribution in [0, 0.1) is 0 Å². The lowest BCUT2D eigenvalue weighted by Gasteiger charge is -2.26. The summed E-state index contributed by atoms with van der Waals surface area (Å²) in [5.41, 5.74) is 0.766. The maximum Gasteiger partial charge on any atom is 0.173 e. The quantitative estimate of drug-likeness (QED) is 0.655. The van der Waals surface area contributed by atoms with E-state index in [0.717, 1.165) is 49.6 Å². The smallest absolute Gasteiger partial charge is 0.173 e. The molecule has 0 spiro atoms. The standard InChI is InChI=1S/C15H22Cl2N2S/c1-3-5-9-19(10-6-4-2)15(20)18-14-11-12(16)7-8-13(14)17/h7-8,11H,3-6,9-10H2,1-2H3,(H,18,20). The van der Waals surface area contributed by atoms with E-state index in [1.807, 2.05) is 0 Å².